The molecule has 2 rings (SSSR count). The first-order valence-electron chi connectivity index (χ1n) is 6.50. The molecule has 0 bridgehead atoms. The zero-order valence-corrected chi connectivity index (χ0v) is 11.1. The van der Waals surface area contributed by atoms with Gasteiger partial charge in [-0.1, -0.05) is 38.1 Å². The highest BCUT2D eigenvalue weighted by Gasteiger charge is 2.22. The second-order valence-electron chi connectivity index (χ2n) is 4.43. The lowest BCUT2D eigenvalue weighted by atomic mass is 10.0. The largest absolute Gasteiger partial charge is 0.322 e. The molecule has 0 amide bonds. The molecule has 1 heterocycles. The summed E-state index contributed by atoms with van der Waals surface area (Å²) in [5, 5.41) is 0. The van der Waals surface area contributed by atoms with Gasteiger partial charge in [0.1, 0.15) is 6.17 Å². The Bertz CT molecular complexity index is 471. The standard InChI is InChI=1S/C16H20N2/c1-4-13-11-14(5-2)16(17-3)18(12-13)15-9-7-6-8-10-15/h6-12,16H,3-5H2,1-2H3. The molecule has 0 aromatic heterocycles. The second-order valence-corrected chi connectivity index (χ2v) is 4.43. The molecule has 1 unspecified atom stereocenters. The summed E-state index contributed by atoms with van der Waals surface area (Å²) in [6, 6.07) is 10.4. The van der Waals surface area contributed by atoms with Gasteiger partial charge in [-0.25, -0.2) is 0 Å². The van der Waals surface area contributed by atoms with Gasteiger partial charge in [-0.05, 0) is 42.8 Å². The van der Waals surface area contributed by atoms with Crippen LogP contribution in [-0.4, -0.2) is 12.9 Å². The van der Waals surface area contributed by atoms with Crippen LogP contribution in [0.25, 0.3) is 0 Å². The SMILES string of the molecule is C=NC1C(CC)=CC(CC)=CN1c1ccccc1. The monoisotopic (exact) mass is 240 g/mol. The maximum atomic E-state index is 4.29. The first-order valence-corrected chi connectivity index (χ1v) is 6.50. The van der Waals surface area contributed by atoms with Crippen LogP contribution in [0.5, 0.6) is 0 Å². The molecule has 0 radical (unpaired) electrons. The van der Waals surface area contributed by atoms with E-state index in [1.165, 1.54) is 16.8 Å². The van der Waals surface area contributed by atoms with Crippen LogP contribution < -0.4 is 4.90 Å². The third kappa shape index (κ3) is 2.37. The summed E-state index contributed by atoms with van der Waals surface area (Å²) in [6.45, 7) is 8.10. The summed E-state index contributed by atoms with van der Waals surface area (Å²) < 4.78 is 0. The average molecular weight is 240 g/mol. The molecular formula is C16H20N2. The zero-order chi connectivity index (χ0) is 13.0. The van der Waals surface area contributed by atoms with Crippen LogP contribution in [-0.2, 0) is 0 Å². The van der Waals surface area contributed by atoms with E-state index in [1.54, 1.807) is 0 Å². The van der Waals surface area contributed by atoms with Crippen molar-refractivity contribution in [3.05, 3.63) is 53.8 Å². The second kappa shape index (κ2) is 5.67. The molecule has 0 saturated heterocycles. The summed E-state index contributed by atoms with van der Waals surface area (Å²) in [4.78, 5) is 6.50. The van der Waals surface area contributed by atoms with E-state index in [-0.39, 0.29) is 6.17 Å². The first-order chi connectivity index (χ1) is 8.80. The number of hydrogen-bond acceptors (Lipinski definition) is 2. The van der Waals surface area contributed by atoms with E-state index >= 15 is 0 Å². The average Bonchev–Trinajstić information content (AvgIpc) is 2.46. The Labute approximate surface area is 109 Å². The minimum Gasteiger partial charge on any atom is -0.322 e. The molecule has 94 valence electrons. The summed E-state index contributed by atoms with van der Waals surface area (Å²) in [5.41, 5.74) is 3.84. The normalized spacial score (nSPS) is 19.2. The van der Waals surface area contributed by atoms with Crippen LogP contribution in [0.2, 0.25) is 0 Å². The van der Waals surface area contributed by atoms with Gasteiger partial charge in [-0.3, -0.25) is 4.99 Å². The Kier molecular flexibility index (Phi) is 3.98. The Balaban J connectivity index is 2.42. The highest BCUT2D eigenvalue weighted by molar-refractivity contribution is 5.56. The molecule has 18 heavy (non-hydrogen) atoms. The topological polar surface area (TPSA) is 15.6 Å². The minimum atomic E-state index is 0.0349. The number of hydrogen-bond donors (Lipinski definition) is 0. The summed E-state index contributed by atoms with van der Waals surface area (Å²) in [6.07, 6.45) is 6.53. The van der Waals surface area contributed by atoms with Crippen molar-refractivity contribution in [2.75, 3.05) is 4.90 Å². The third-order valence-corrected chi connectivity index (χ3v) is 3.31. The van der Waals surface area contributed by atoms with E-state index in [2.05, 4.69) is 67.0 Å². The van der Waals surface area contributed by atoms with Crippen molar-refractivity contribution in [1.29, 1.82) is 0 Å². The van der Waals surface area contributed by atoms with Crippen LogP contribution in [0.3, 0.4) is 0 Å². The molecule has 1 aliphatic heterocycles. The smallest absolute Gasteiger partial charge is 0.146 e. The lowest BCUT2D eigenvalue weighted by Gasteiger charge is -2.33. The number of rotatable bonds is 4. The van der Waals surface area contributed by atoms with Crippen molar-refractivity contribution >= 4 is 12.4 Å². The van der Waals surface area contributed by atoms with E-state index in [4.69, 9.17) is 0 Å². The van der Waals surface area contributed by atoms with Gasteiger partial charge >= 0.3 is 0 Å². The van der Waals surface area contributed by atoms with Crippen molar-refractivity contribution in [3.8, 4) is 0 Å². The van der Waals surface area contributed by atoms with Gasteiger partial charge in [-0.15, -0.1) is 0 Å². The molecule has 2 heteroatoms. The van der Waals surface area contributed by atoms with E-state index < -0.39 is 0 Å². The molecule has 2 nitrogen and oxygen atoms in total. The summed E-state index contributed by atoms with van der Waals surface area (Å²) in [5.74, 6) is 0. The molecule has 1 aliphatic rings. The van der Waals surface area contributed by atoms with Crippen LogP contribution in [0.1, 0.15) is 26.7 Å². The summed E-state index contributed by atoms with van der Waals surface area (Å²) >= 11 is 0. The first kappa shape index (κ1) is 12.6. The molecule has 1 atom stereocenters. The molecule has 0 spiro atoms. The zero-order valence-electron chi connectivity index (χ0n) is 11.1. The number of nitrogens with zero attached hydrogens (tertiary/aromatic N) is 2. The molecule has 1 aromatic carbocycles. The molecule has 0 fully saturated rings. The molecule has 0 aliphatic carbocycles. The minimum absolute atomic E-state index is 0.0349. The number of anilines is 1. The van der Waals surface area contributed by atoms with E-state index in [0.29, 0.717) is 0 Å². The maximum absolute atomic E-state index is 4.29. The highest BCUT2D eigenvalue weighted by atomic mass is 15.2. The Morgan fingerprint density at radius 2 is 1.89 bits per heavy atom. The quantitative estimate of drug-likeness (QED) is 0.721. The van der Waals surface area contributed by atoms with Gasteiger partial charge in [0.15, 0.2) is 0 Å². The predicted octanol–water partition coefficient (Wildman–Crippen LogP) is 4.16. The van der Waals surface area contributed by atoms with Crippen molar-refractivity contribution in [3.63, 3.8) is 0 Å². The van der Waals surface area contributed by atoms with Crippen molar-refractivity contribution in [2.45, 2.75) is 32.9 Å². The number of aliphatic imine (C=N–C) groups is 1. The number of para-hydroxylation sites is 1. The Morgan fingerprint density at radius 1 is 1.17 bits per heavy atom. The van der Waals surface area contributed by atoms with Crippen LogP contribution in [0, 0.1) is 0 Å². The fourth-order valence-electron chi connectivity index (χ4n) is 2.28. The van der Waals surface area contributed by atoms with Gasteiger partial charge in [0.2, 0.25) is 0 Å². The fourth-order valence-corrected chi connectivity index (χ4v) is 2.28. The van der Waals surface area contributed by atoms with E-state index in [9.17, 15) is 0 Å². The van der Waals surface area contributed by atoms with Crippen LogP contribution >= 0.6 is 0 Å². The van der Waals surface area contributed by atoms with Gasteiger partial charge in [0.05, 0.1) is 0 Å². The summed E-state index contributed by atoms with van der Waals surface area (Å²) in [7, 11) is 0. The van der Waals surface area contributed by atoms with E-state index in [0.717, 1.165) is 12.8 Å². The number of benzene rings is 1. The molecule has 0 N–H and O–H groups in total. The molecular weight excluding hydrogens is 220 g/mol. The fraction of sp³-hybridized carbons (Fsp3) is 0.312. The van der Waals surface area contributed by atoms with Gasteiger partial charge in [-0.2, -0.15) is 0 Å². The van der Waals surface area contributed by atoms with Crippen molar-refractivity contribution < 1.29 is 0 Å². The Morgan fingerprint density at radius 3 is 2.44 bits per heavy atom. The van der Waals surface area contributed by atoms with E-state index in [1.807, 2.05) is 6.07 Å². The lowest BCUT2D eigenvalue weighted by molar-refractivity contribution is 0.729. The number of allylic oxidation sites excluding steroid dienone is 2. The van der Waals surface area contributed by atoms with Gasteiger partial charge in [0.25, 0.3) is 0 Å². The molecule has 1 aromatic rings. The van der Waals surface area contributed by atoms with Gasteiger partial charge in [0, 0.05) is 11.9 Å². The third-order valence-electron chi connectivity index (χ3n) is 3.31. The lowest BCUT2D eigenvalue weighted by Crippen LogP contribution is -2.33. The van der Waals surface area contributed by atoms with Crippen LogP contribution in [0.15, 0.2) is 58.7 Å². The van der Waals surface area contributed by atoms with Crippen LogP contribution in [0.4, 0.5) is 5.69 Å². The highest BCUT2D eigenvalue weighted by Crippen LogP contribution is 2.29. The van der Waals surface area contributed by atoms with Crippen molar-refractivity contribution in [2.24, 2.45) is 4.99 Å². The van der Waals surface area contributed by atoms with Crippen molar-refractivity contribution in [1.82, 2.24) is 0 Å². The Hall–Kier alpha value is -1.83. The van der Waals surface area contributed by atoms with Gasteiger partial charge < -0.3 is 4.90 Å². The predicted molar refractivity (Wildman–Crippen MR) is 79.0 cm³/mol. The molecule has 0 saturated carbocycles. The maximum Gasteiger partial charge on any atom is 0.146 e.